The summed E-state index contributed by atoms with van der Waals surface area (Å²) in [5, 5.41) is 0. The quantitative estimate of drug-likeness (QED) is 0.793. The normalized spacial score (nSPS) is 17.7. The highest BCUT2D eigenvalue weighted by Crippen LogP contribution is 2.31. The average Bonchev–Trinajstić information content (AvgIpc) is 3.13. The molecule has 16 heavy (non-hydrogen) atoms. The van der Waals surface area contributed by atoms with Crippen molar-refractivity contribution in [3.63, 3.8) is 0 Å². The number of nitrogens with two attached hydrogens (primary N) is 1. The van der Waals surface area contributed by atoms with Crippen LogP contribution in [0.3, 0.4) is 0 Å². The first kappa shape index (κ1) is 11.6. The highest BCUT2D eigenvalue weighted by Gasteiger charge is 2.29. The molecule has 0 saturated heterocycles. The van der Waals surface area contributed by atoms with Crippen molar-refractivity contribution in [3.05, 3.63) is 35.9 Å². The van der Waals surface area contributed by atoms with Gasteiger partial charge >= 0.3 is 0 Å². The Morgan fingerprint density at radius 2 is 2.00 bits per heavy atom. The second-order valence-corrected chi connectivity index (χ2v) is 4.81. The smallest absolute Gasteiger partial charge is 0.0234 e. The maximum Gasteiger partial charge on any atom is 0.0234 e. The predicted octanol–water partition coefficient (Wildman–Crippen LogP) is 2.25. The lowest BCUT2D eigenvalue weighted by Crippen LogP contribution is -2.38. The van der Waals surface area contributed by atoms with Gasteiger partial charge in [0.05, 0.1) is 0 Å². The van der Waals surface area contributed by atoms with E-state index < -0.39 is 0 Å². The molecule has 1 aliphatic rings. The summed E-state index contributed by atoms with van der Waals surface area (Å²) in [6.45, 7) is 5.35. The standard InChI is InChI=1S/C14H22N2/c1-2-16(11-14(15)13-8-9-13)10-12-6-4-3-5-7-12/h3-7,13-14H,2,8-11,15H2,1H3. The van der Waals surface area contributed by atoms with Crippen molar-refractivity contribution in [1.29, 1.82) is 0 Å². The molecule has 0 heterocycles. The molecule has 1 aromatic rings. The van der Waals surface area contributed by atoms with Gasteiger partial charge in [0.2, 0.25) is 0 Å². The lowest BCUT2D eigenvalue weighted by Gasteiger charge is -2.24. The Morgan fingerprint density at radius 1 is 1.31 bits per heavy atom. The summed E-state index contributed by atoms with van der Waals surface area (Å²) < 4.78 is 0. The molecule has 1 unspecified atom stereocenters. The average molecular weight is 218 g/mol. The highest BCUT2D eigenvalue weighted by atomic mass is 15.1. The molecule has 2 N–H and O–H groups in total. The van der Waals surface area contributed by atoms with Crippen molar-refractivity contribution in [3.8, 4) is 0 Å². The molecular weight excluding hydrogens is 196 g/mol. The summed E-state index contributed by atoms with van der Waals surface area (Å²) >= 11 is 0. The van der Waals surface area contributed by atoms with Crippen molar-refractivity contribution < 1.29 is 0 Å². The maximum atomic E-state index is 6.17. The lowest BCUT2D eigenvalue weighted by molar-refractivity contribution is 0.253. The van der Waals surface area contributed by atoms with E-state index in [2.05, 4.69) is 42.2 Å². The van der Waals surface area contributed by atoms with Gasteiger partial charge in [0.15, 0.2) is 0 Å². The summed E-state index contributed by atoms with van der Waals surface area (Å²) in [4.78, 5) is 2.44. The van der Waals surface area contributed by atoms with Crippen LogP contribution in [-0.2, 0) is 6.54 Å². The van der Waals surface area contributed by atoms with Crippen molar-refractivity contribution in [2.24, 2.45) is 11.7 Å². The summed E-state index contributed by atoms with van der Waals surface area (Å²) in [6, 6.07) is 11.0. The number of rotatable bonds is 6. The third-order valence-electron chi connectivity index (χ3n) is 3.39. The van der Waals surface area contributed by atoms with E-state index in [0.717, 1.165) is 25.6 Å². The van der Waals surface area contributed by atoms with Gasteiger partial charge in [-0.25, -0.2) is 0 Å². The zero-order chi connectivity index (χ0) is 11.4. The maximum absolute atomic E-state index is 6.17. The zero-order valence-corrected chi connectivity index (χ0v) is 10.1. The molecule has 1 saturated carbocycles. The molecule has 1 fully saturated rings. The van der Waals surface area contributed by atoms with Gasteiger partial charge in [-0.3, -0.25) is 4.90 Å². The Kier molecular flexibility index (Phi) is 3.97. The Balaban J connectivity index is 1.85. The first-order chi connectivity index (χ1) is 7.79. The fourth-order valence-corrected chi connectivity index (χ4v) is 2.12. The van der Waals surface area contributed by atoms with Crippen molar-refractivity contribution in [1.82, 2.24) is 4.90 Å². The number of likely N-dealkylation sites (N-methyl/N-ethyl adjacent to an activating group) is 1. The van der Waals surface area contributed by atoms with Gasteiger partial charge in [-0.05, 0) is 30.9 Å². The van der Waals surface area contributed by atoms with Crippen molar-refractivity contribution in [2.45, 2.75) is 32.4 Å². The Bertz CT molecular complexity index is 306. The number of benzene rings is 1. The molecule has 0 aliphatic heterocycles. The first-order valence-corrected chi connectivity index (χ1v) is 6.31. The molecule has 2 nitrogen and oxygen atoms in total. The number of hydrogen-bond donors (Lipinski definition) is 1. The minimum absolute atomic E-state index is 0.378. The molecular formula is C14H22N2. The molecule has 0 spiro atoms. The summed E-state index contributed by atoms with van der Waals surface area (Å²) in [7, 11) is 0. The molecule has 1 atom stereocenters. The van der Waals surface area contributed by atoms with E-state index >= 15 is 0 Å². The Labute approximate surface area is 98.4 Å². The van der Waals surface area contributed by atoms with E-state index in [9.17, 15) is 0 Å². The van der Waals surface area contributed by atoms with Crippen LogP contribution in [0.4, 0.5) is 0 Å². The summed E-state index contributed by atoms with van der Waals surface area (Å²) in [6.07, 6.45) is 2.67. The van der Waals surface area contributed by atoms with Crippen LogP contribution >= 0.6 is 0 Å². The topological polar surface area (TPSA) is 29.3 Å². The van der Waals surface area contributed by atoms with Gasteiger partial charge in [0.25, 0.3) is 0 Å². The van der Waals surface area contributed by atoms with Gasteiger partial charge in [-0.15, -0.1) is 0 Å². The van der Waals surface area contributed by atoms with E-state index in [1.54, 1.807) is 0 Å². The molecule has 0 amide bonds. The zero-order valence-electron chi connectivity index (χ0n) is 10.1. The lowest BCUT2D eigenvalue weighted by atomic mass is 10.1. The minimum atomic E-state index is 0.378. The molecule has 0 radical (unpaired) electrons. The molecule has 1 aromatic carbocycles. The molecule has 0 bridgehead atoms. The predicted molar refractivity (Wildman–Crippen MR) is 68.1 cm³/mol. The molecule has 1 aliphatic carbocycles. The van der Waals surface area contributed by atoms with E-state index in [1.165, 1.54) is 18.4 Å². The second kappa shape index (κ2) is 5.46. The van der Waals surface area contributed by atoms with Gasteiger partial charge in [-0.2, -0.15) is 0 Å². The molecule has 88 valence electrons. The molecule has 2 rings (SSSR count). The van der Waals surface area contributed by atoms with Gasteiger partial charge < -0.3 is 5.73 Å². The van der Waals surface area contributed by atoms with Gasteiger partial charge in [0, 0.05) is 19.1 Å². The molecule has 0 aromatic heterocycles. The van der Waals surface area contributed by atoms with Crippen LogP contribution in [0.2, 0.25) is 0 Å². The van der Waals surface area contributed by atoms with Crippen molar-refractivity contribution in [2.75, 3.05) is 13.1 Å². The highest BCUT2D eigenvalue weighted by molar-refractivity contribution is 5.14. The van der Waals surface area contributed by atoms with Crippen LogP contribution in [0.25, 0.3) is 0 Å². The van der Waals surface area contributed by atoms with E-state index in [0.29, 0.717) is 6.04 Å². The first-order valence-electron chi connectivity index (χ1n) is 6.31. The van der Waals surface area contributed by atoms with E-state index in [1.807, 2.05) is 0 Å². The SMILES string of the molecule is CCN(Cc1ccccc1)CC(N)C1CC1. The molecule has 2 heteroatoms. The van der Waals surface area contributed by atoms with Crippen LogP contribution < -0.4 is 5.73 Å². The fraction of sp³-hybridized carbons (Fsp3) is 0.571. The second-order valence-electron chi connectivity index (χ2n) is 4.81. The number of hydrogen-bond acceptors (Lipinski definition) is 2. The number of nitrogens with zero attached hydrogens (tertiary/aromatic N) is 1. The minimum Gasteiger partial charge on any atom is -0.326 e. The van der Waals surface area contributed by atoms with Crippen LogP contribution in [0.15, 0.2) is 30.3 Å². The Hall–Kier alpha value is -0.860. The van der Waals surface area contributed by atoms with Crippen molar-refractivity contribution >= 4 is 0 Å². The third-order valence-corrected chi connectivity index (χ3v) is 3.39. The van der Waals surface area contributed by atoms with Gasteiger partial charge in [0.1, 0.15) is 0 Å². The van der Waals surface area contributed by atoms with Crippen LogP contribution in [0.1, 0.15) is 25.3 Å². The summed E-state index contributed by atoms with van der Waals surface area (Å²) in [5.41, 5.74) is 7.55. The van der Waals surface area contributed by atoms with Crippen LogP contribution in [0.5, 0.6) is 0 Å². The van der Waals surface area contributed by atoms with E-state index in [4.69, 9.17) is 5.73 Å². The van der Waals surface area contributed by atoms with Crippen LogP contribution in [0, 0.1) is 5.92 Å². The third kappa shape index (κ3) is 3.32. The largest absolute Gasteiger partial charge is 0.326 e. The Morgan fingerprint density at radius 3 is 2.56 bits per heavy atom. The summed E-state index contributed by atoms with van der Waals surface area (Å²) in [5.74, 6) is 0.796. The van der Waals surface area contributed by atoms with Crippen LogP contribution in [-0.4, -0.2) is 24.0 Å². The monoisotopic (exact) mass is 218 g/mol. The fourth-order valence-electron chi connectivity index (χ4n) is 2.12. The van der Waals surface area contributed by atoms with Gasteiger partial charge in [-0.1, -0.05) is 37.3 Å². The van der Waals surface area contributed by atoms with E-state index in [-0.39, 0.29) is 0 Å².